The summed E-state index contributed by atoms with van der Waals surface area (Å²) in [5.74, 6) is 0. The molecule has 3 N–H and O–H groups in total. The Morgan fingerprint density at radius 3 is 2.94 bits per heavy atom. The van der Waals surface area contributed by atoms with E-state index in [0.717, 1.165) is 20.9 Å². The molecule has 0 aliphatic rings. The number of nitrogen functional groups attached to an aromatic ring is 1. The molecule has 1 aromatic carbocycles. The molecule has 0 spiro atoms. The van der Waals surface area contributed by atoms with E-state index in [1.807, 2.05) is 29.6 Å². The predicted molar refractivity (Wildman–Crippen MR) is 77.7 cm³/mol. The van der Waals surface area contributed by atoms with Gasteiger partial charge in [0.1, 0.15) is 0 Å². The lowest BCUT2D eigenvalue weighted by Crippen LogP contribution is -1.92. The van der Waals surface area contributed by atoms with E-state index in [4.69, 9.17) is 5.73 Å². The Bertz CT molecular complexity index is 667. The van der Waals surface area contributed by atoms with Crippen molar-refractivity contribution in [3.05, 3.63) is 42.0 Å². The Hall–Kier alpha value is -1.79. The number of fused-ring (bicyclic) bond motifs is 1. The third kappa shape index (κ3) is 2.12. The first kappa shape index (κ1) is 11.3. The van der Waals surface area contributed by atoms with Gasteiger partial charge in [0.2, 0.25) is 0 Å². The summed E-state index contributed by atoms with van der Waals surface area (Å²) in [6.07, 6.45) is 3.53. The molecule has 0 fully saturated rings. The summed E-state index contributed by atoms with van der Waals surface area (Å²) >= 11 is 3.09. The van der Waals surface area contributed by atoms with Crippen molar-refractivity contribution in [1.29, 1.82) is 0 Å². The zero-order valence-corrected chi connectivity index (χ0v) is 11.0. The predicted octanol–water partition coefficient (Wildman–Crippen LogP) is 3.39. The van der Waals surface area contributed by atoms with Crippen molar-refractivity contribution in [2.24, 2.45) is 0 Å². The standard InChI is InChI=1S/C12H10N4S2/c13-9-3-4-10(8-2-1-5-14-11(8)9)18-16-12-15-6-7-17-12/h1-7H,13H2,(H,15,16). The Morgan fingerprint density at radius 2 is 2.11 bits per heavy atom. The third-order valence-electron chi connectivity index (χ3n) is 2.44. The number of pyridine rings is 1. The van der Waals surface area contributed by atoms with Crippen LogP contribution in [0.5, 0.6) is 0 Å². The number of aromatic nitrogens is 2. The van der Waals surface area contributed by atoms with E-state index in [2.05, 4.69) is 14.7 Å². The first-order valence-corrected chi connectivity index (χ1v) is 7.00. The summed E-state index contributed by atoms with van der Waals surface area (Å²) in [5.41, 5.74) is 7.45. The first-order chi connectivity index (χ1) is 8.84. The average molecular weight is 274 g/mol. The quantitative estimate of drug-likeness (QED) is 0.566. The van der Waals surface area contributed by atoms with E-state index in [1.54, 1.807) is 23.7 Å². The van der Waals surface area contributed by atoms with Gasteiger partial charge in [0, 0.05) is 28.1 Å². The van der Waals surface area contributed by atoms with E-state index in [9.17, 15) is 0 Å². The number of anilines is 2. The molecule has 0 atom stereocenters. The molecule has 18 heavy (non-hydrogen) atoms. The minimum Gasteiger partial charge on any atom is -0.397 e. The van der Waals surface area contributed by atoms with Crippen molar-refractivity contribution >= 4 is 45.0 Å². The normalized spacial score (nSPS) is 10.7. The minimum atomic E-state index is 0.698. The SMILES string of the molecule is Nc1ccc(SNc2nccs2)c2cccnc12. The van der Waals surface area contributed by atoms with Gasteiger partial charge >= 0.3 is 0 Å². The van der Waals surface area contributed by atoms with Crippen molar-refractivity contribution < 1.29 is 0 Å². The molecule has 0 saturated carbocycles. The highest BCUT2D eigenvalue weighted by molar-refractivity contribution is 8.01. The van der Waals surface area contributed by atoms with E-state index < -0.39 is 0 Å². The van der Waals surface area contributed by atoms with Gasteiger partial charge in [-0.15, -0.1) is 11.3 Å². The number of nitrogens with one attached hydrogen (secondary N) is 1. The van der Waals surface area contributed by atoms with Crippen LogP contribution in [0.3, 0.4) is 0 Å². The van der Waals surface area contributed by atoms with E-state index in [0.29, 0.717) is 5.69 Å². The van der Waals surface area contributed by atoms with Gasteiger partial charge in [-0.25, -0.2) is 4.98 Å². The average Bonchev–Trinajstić information content (AvgIpc) is 2.92. The summed E-state index contributed by atoms with van der Waals surface area (Å²) in [6, 6.07) is 7.80. The maximum Gasteiger partial charge on any atom is 0.192 e. The number of hydrogen-bond acceptors (Lipinski definition) is 6. The van der Waals surface area contributed by atoms with Crippen LogP contribution in [0.15, 0.2) is 46.9 Å². The summed E-state index contributed by atoms with van der Waals surface area (Å²) in [6.45, 7) is 0. The molecule has 2 heterocycles. The van der Waals surface area contributed by atoms with Crippen LogP contribution in [-0.4, -0.2) is 9.97 Å². The molecule has 6 heteroatoms. The van der Waals surface area contributed by atoms with E-state index >= 15 is 0 Å². The smallest absolute Gasteiger partial charge is 0.192 e. The highest BCUT2D eigenvalue weighted by Crippen LogP contribution is 2.31. The Balaban J connectivity index is 1.94. The fourth-order valence-electron chi connectivity index (χ4n) is 1.63. The van der Waals surface area contributed by atoms with Gasteiger partial charge in [-0.1, -0.05) is 6.07 Å². The number of nitrogens with two attached hydrogens (primary N) is 1. The Morgan fingerprint density at radius 1 is 1.17 bits per heavy atom. The van der Waals surface area contributed by atoms with Crippen LogP contribution in [0.1, 0.15) is 0 Å². The molecule has 0 amide bonds. The van der Waals surface area contributed by atoms with Crippen LogP contribution in [0.25, 0.3) is 10.9 Å². The topological polar surface area (TPSA) is 63.8 Å². The summed E-state index contributed by atoms with van der Waals surface area (Å²) in [7, 11) is 0. The lowest BCUT2D eigenvalue weighted by molar-refractivity contribution is 1.38. The molecule has 0 saturated heterocycles. The molecule has 0 aliphatic carbocycles. The van der Waals surface area contributed by atoms with Gasteiger partial charge in [0.25, 0.3) is 0 Å². The van der Waals surface area contributed by atoms with Gasteiger partial charge in [0.05, 0.1) is 11.2 Å². The number of nitrogens with zero attached hydrogens (tertiary/aromatic N) is 2. The minimum absolute atomic E-state index is 0.698. The highest BCUT2D eigenvalue weighted by Gasteiger charge is 2.06. The Kier molecular flexibility index (Phi) is 3.04. The van der Waals surface area contributed by atoms with E-state index in [1.165, 1.54) is 11.9 Å². The van der Waals surface area contributed by atoms with Crippen LogP contribution in [0.2, 0.25) is 0 Å². The second-order valence-electron chi connectivity index (χ2n) is 3.59. The van der Waals surface area contributed by atoms with Gasteiger partial charge in [-0.2, -0.15) is 0 Å². The zero-order valence-electron chi connectivity index (χ0n) is 9.33. The third-order valence-corrected chi connectivity index (χ3v) is 4.13. The molecular weight excluding hydrogens is 264 g/mol. The van der Waals surface area contributed by atoms with Gasteiger partial charge in [-0.05, 0) is 30.1 Å². The van der Waals surface area contributed by atoms with Crippen molar-refractivity contribution in [2.45, 2.75) is 4.90 Å². The maximum absolute atomic E-state index is 5.91. The molecule has 0 radical (unpaired) electrons. The highest BCUT2D eigenvalue weighted by atomic mass is 32.2. The lowest BCUT2D eigenvalue weighted by Gasteiger charge is -2.07. The maximum atomic E-state index is 5.91. The summed E-state index contributed by atoms with van der Waals surface area (Å²) in [5, 5.41) is 3.87. The van der Waals surface area contributed by atoms with Crippen LogP contribution in [-0.2, 0) is 0 Å². The number of rotatable bonds is 3. The van der Waals surface area contributed by atoms with Crippen LogP contribution in [0, 0.1) is 0 Å². The zero-order chi connectivity index (χ0) is 12.4. The van der Waals surface area contributed by atoms with Crippen LogP contribution >= 0.6 is 23.3 Å². The molecule has 4 nitrogen and oxygen atoms in total. The molecule has 90 valence electrons. The molecular formula is C12H10N4S2. The lowest BCUT2D eigenvalue weighted by atomic mass is 10.2. The molecule has 0 unspecified atom stereocenters. The largest absolute Gasteiger partial charge is 0.397 e. The van der Waals surface area contributed by atoms with Gasteiger partial charge in [-0.3, -0.25) is 4.98 Å². The number of benzene rings is 1. The summed E-state index contributed by atoms with van der Waals surface area (Å²) in [4.78, 5) is 9.57. The number of hydrogen-bond donors (Lipinski definition) is 2. The molecule has 3 aromatic rings. The van der Waals surface area contributed by atoms with Crippen molar-refractivity contribution in [2.75, 3.05) is 10.5 Å². The monoisotopic (exact) mass is 274 g/mol. The molecule has 0 aliphatic heterocycles. The molecule has 0 bridgehead atoms. The van der Waals surface area contributed by atoms with Crippen LogP contribution < -0.4 is 10.5 Å². The first-order valence-electron chi connectivity index (χ1n) is 5.30. The molecule has 2 aromatic heterocycles. The Labute approximate surface area is 112 Å². The fourth-order valence-corrected chi connectivity index (χ4v) is 2.98. The van der Waals surface area contributed by atoms with Crippen LogP contribution in [0.4, 0.5) is 10.8 Å². The fraction of sp³-hybridized carbons (Fsp3) is 0. The second kappa shape index (κ2) is 4.83. The number of thiazole rings is 1. The second-order valence-corrected chi connectivity index (χ2v) is 5.34. The van der Waals surface area contributed by atoms with Crippen molar-refractivity contribution in [1.82, 2.24) is 9.97 Å². The van der Waals surface area contributed by atoms with Gasteiger partial charge < -0.3 is 10.5 Å². The molecule has 3 rings (SSSR count). The van der Waals surface area contributed by atoms with E-state index in [-0.39, 0.29) is 0 Å². The van der Waals surface area contributed by atoms with Crippen molar-refractivity contribution in [3.8, 4) is 0 Å². The van der Waals surface area contributed by atoms with Crippen molar-refractivity contribution in [3.63, 3.8) is 0 Å². The summed E-state index contributed by atoms with van der Waals surface area (Å²) < 4.78 is 3.21. The van der Waals surface area contributed by atoms with Gasteiger partial charge in [0.15, 0.2) is 5.13 Å².